The summed E-state index contributed by atoms with van der Waals surface area (Å²) in [5.74, 6) is 1.45. The van der Waals surface area contributed by atoms with Crippen LogP contribution < -0.4 is 19.5 Å². The number of carbonyl (C=O) groups is 1. The monoisotopic (exact) mass is 463 g/mol. The third-order valence-corrected chi connectivity index (χ3v) is 5.56. The van der Waals surface area contributed by atoms with Crippen LogP contribution in [0.5, 0.6) is 17.2 Å². The van der Waals surface area contributed by atoms with E-state index in [0.29, 0.717) is 41.8 Å². The van der Waals surface area contributed by atoms with Crippen molar-refractivity contribution in [2.75, 3.05) is 25.6 Å². The third kappa shape index (κ3) is 6.57. The highest BCUT2D eigenvalue weighted by Gasteiger charge is 2.12. The number of anilines is 1. The Bertz CT molecular complexity index is 1170. The van der Waals surface area contributed by atoms with E-state index in [4.69, 9.17) is 14.2 Å². The highest BCUT2D eigenvalue weighted by molar-refractivity contribution is 7.13. The summed E-state index contributed by atoms with van der Waals surface area (Å²) < 4.78 is 17.1. The van der Waals surface area contributed by atoms with Gasteiger partial charge in [0, 0.05) is 18.0 Å². The molecule has 7 nitrogen and oxygen atoms in total. The SMILES string of the molecule is COc1cc(/C=C(/C#N)C(=O)Nc2nccs2)ccc1OCCCOc1cccc(C)c1C. The Labute approximate surface area is 197 Å². The van der Waals surface area contributed by atoms with Crippen molar-refractivity contribution < 1.29 is 19.0 Å². The molecule has 2 aromatic carbocycles. The number of hydrogen-bond donors (Lipinski definition) is 1. The number of amides is 1. The number of carbonyl (C=O) groups excluding carboxylic acids is 1. The van der Waals surface area contributed by atoms with Crippen LogP contribution >= 0.6 is 11.3 Å². The molecule has 0 saturated heterocycles. The van der Waals surface area contributed by atoms with Gasteiger partial charge < -0.3 is 14.2 Å². The Morgan fingerprint density at radius 2 is 1.94 bits per heavy atom. The molecule has 8 heteroatoms. The molecule has 3 aromatic rings. The summed E-state index contributed by atoms with van der Waals surface area (Å²) >= 11 is 1.28. The van der Waals surface area contributed by atoms with Gasteiger partial charge in [-0.25, -0.2) is 4.98 Å². The van der Waals surface area contributed by atoms with Gasteiger partial charge in [0.25, 0.3) is 5.91 Å². The summed E-state index contributed by atoms with van der Waals surface area (Å²) in [7, 11) is 1.54. The van der Waals surface area contributed by atoms with Gasteiger partial charge in [0.1, 0.15) is 17.4 Å². The van der Waals surface area contributed by atoms with Crippen LogP contribution in [0.3, 0.4) is 0 Å². The molecule has 1 aromatic heterocycles. The van der Waals surface area contributed by atoms with Gasteiger partial charge in [-0.2, -0.15) is 5.26 Å². The van der Waals surface area contributed by atoms with Crippen molar-refractivity contribution in [3.8, 4) is 23.3 Å². The summed E-state index contributed by atoms with van der Waals surface area (Å²) in [4.78, 5) is 16.3. The fraction of sp³-hybridized carbons (Fsp3) is 0.240. The minimum atomic E-state index is -0.518. The van der Waals surface area contributed by atoms with Crippen molar-refractivity contribution in [2.24, 2.45) is 0 Å². The first-order chi connectivity index (χ1) is 16.0. The molecule has 1 amide bonds. The van der Waals surface area contributed by atoms with Gasteiger partial charge in [-0.05, 0) is 54.8 Å². The number of rotatable bonds is 10. The number of ether oxygens (including phenoxy) is 3. The molecular formula is C25H25N3O4S. The summed E-state index contributed by atoms with van der Waals surface area (Å²) in [6.45, 7) is 5.09. The van der Waals surface area contributed by atoms with E-state index in [-0.39, 0.29) is 5.57 Å². The zero-order valence-corrected chi connectivity index (χ0v) is 19.6. The molecule has 3 rings (SSSR count). The summed E-state index contributed by atoms with van der Waals surface area (Å²) in [5, 5.41) is 14.2. The van der Waals surface area contributed by atoms with Crippen molar-refractivity contribution in [2.45, 2.75) is 20.3 Å². The minimum absolute atomic E-state index is 0.0375. The molecule has 1 N–H and O–H groups in total. The molecule has 0 radical (unpaired) electrons. The number of thiazole rings is 1. The highest BCUT2D eigenvalue weighted by Crippen LogP contribution is 2.29. The van der Waals surface area contributed by atoms with Crippen molar-refractivity contribution in [3.05, 3.63) is 70.2 Å². The largest absolute Gasteiger partial charge is 0.493 e. The third-order valence-electron chi connectivity index (χ3n) is 4.88. The van der Waals surface area contributed by atoms with Crippen molar-refractivity contribution in [1.29, 1.82) is 5.26 Å². The molecule has 0 unspecified atom stereocenters. The molecule has 0 fully saturated rings. The second-order valence-electron chi connectivity index (χ2n) is 7.12. The van der Waals surface area contributed by atoms with Crippen LogP contribution in [0.2, 0.25) is 0 Å². The van der Waals surface area contributed by atoms with E-state index in [0.717, 1.165) is 11.3 Å². The van der Waals surface area contributed by atoms with E-state index >= 15 is 0 Å². The Hall–Kier alpha value is -3.83. The van der Waals surface area contributed by atoms with Crippen molar-refractivity contribution in [3.63, 3.8) is 0 Å². The molecule has 0 aliphatic rings. The number of nitrogens with one attached hydrogen (secondary N) is 1. The topological polar surface area (TPSA) is 93.5 Å². The maximum atomic E-state index is 12.3. The lowest BCUT2D eigenvalue weighted by Crippen LogP contribution is -2.13. The average Bonchev–Trinajstić information content (AvgIpc) is 3.33. The van der Waals surface area contributed by atoms with Crippen LogP contribution in [0.1, 0.15) is 23.1 Å². The van der Waals surface area contributed by atoms with Crippen LogP contribution in [0.4, 0.5) is 5.13 Å². The molecule has 0 aliphatic carbocycles. The predicted octanol–water partition coefficient (Wildman–Crippen LogP) is 5.16. The van der Waals surface area contributed by atoms with Crippen LogP contribution in [0.15, 0.2) is 53.5 Å². The molecule has 0 atom stereocenters. The molecule has 0 saturated carbocycles. The van der Waals surface area contributed by atoms with Gasteiger partial charge in [-0.15, -0.1) is 11.3 Å². The van der Waals surface area contributed by atoms with Crippen LogP contribution in [-0.4, -0.2) is 31.2 Å². The van der Waals surface area contributed by atoms with Crippen LogP contribution in [-0.2, 0) is 4.79 Å². The Kier molecular flexibility index (Phi) is 8.44. The van der Waals surface area contributed by atoms with Crippen molar-refractivity contribution in [1.82, 2.24) is 4.98 Å². The number of nitriles is 1. The van der Waals surface area contributed by atoms with Gasteiger partial charge in [0.15, 0.2) is 16.6 Å². The maximum Gasteiger partial charge on any atom is 0.268 e. The highest BCUT2D eigenvalue weighted by atomic mass is 32.1. The average molecular weight is 464 g/mol. The Morgan fingerprint density at radius 3 is 2.64 bits per heavy atom. The number of methoxy groups -OCH3 is 1. The molecule has 33 heavy (non-hydrogen) atoms. The summed E-state index contributed by atoms with van der Waals surface area (Å²) in [6.07, 6.45) is 3.77. The second kappa shape index (κ2) is 11.7. The molecule has 0 spiro atoms. The first-order valence-corrected chi connectivity index (χ1v) is 11.2. The van der Waals surface area contributed by atoms with Crippen LogP contribution in [0.25, 0.3) is 6.08 Å². The smallest absolute Gasteiger partial charge is 0.268 e. The van der Waals surface area contributed by atoms with Gasteiger partial charge in [0.2, 0.25) is 0 Å². The van der Waals surface area contributed by atoms with E-state index in [1.54, 1.807) is 36.9 Å². The van der Waals surface area contributed by atoms with Gasteiger partial charge in [-0.3, -0.25) is 10.1 Å². The molecule has 0 bridgehead atoms. The fourth-order valence-electron chi connectivity index (χ4n) is 2.96. The van der Waals surface area contributed by atoms with Gasteiger partial charge in [0.05, 0.1) is 20.3 Å². The minimum Gasteiger partial charge on any atom is -0.493 e. The standard InChI is InChI=1S/C25H25N3O4S/c1-17-6-4-7-21(18(17)2)31-11-5-12-32-22-9-8-19(15-23(22)30-3)14-20(16-26)24(29)28-25-27-10-13-33-25/h4,6-10,13-15H,5,11-12H2,1-3H3,(H,27,28,29)/b20-14-. The van der Waals surface area contributed by atoms with E-state index in [9.17, 15) is 10.1 Å². The quantitative estimate of drug-likeness (QED) is 0.254. The number of aryl methyl sites for hydroxylation is 1. The zero-order valence-electron chi connectivity index (χ0n) is 18.8. The first-order valence-electron chi connectivity index (χ1n) is 10.3. The number of benzene rings is 2. The van der Waals surface area contributed by atoms with E-state index in [1.165, 1.54) is 23.0 Å². The molecular weight excluding hydrogens is 438 g/mol. The number of nitrogens with zero attached hydrogens (tertiary/aromatic N) is 2. The molecule has 170 valence electrons. The van der Waals surface area contributed by atoms with Crippen molar-refractivity contribution >= 4 is 28.5 Å². The van der Waals surface area contributed by atoms with Crippen LogP contribution in [0, 0.1) is 25.2 Å². The summed E-state index contributed by atoms with van der Waals surface area (Å²) in [6, 6.07) is 13.2. The Morgan fingerprint density at radius 1 is 1.15 bits per heavy atom. The van der Waals surface area contributed by atoms with Gasteiger partial charge >= 0.3 is 0 Å². The van der Waals surface area contributed by atoms with E-state index in [1.807, 2.05) is 25.1 Å². The zero-order chi connectivity index (χ0) is 23.6. The normalized spacial score (nSPS) is 10.9. The van der Waals surface area contributed by atoms with E-state index in [2.05, 4.69) is 23.3 Å². The number of hydrogen-bond acceptors (Lipinski definition) is 7. The maximum absolute atomic E-state index is 12.3. The molecule has 0 aliphatic heterocycles. The lowest BCUT2D eigenvalue weighted by molar-refractivity contribution is -0.112. The summed E-state index contributed by atoms with van der Waals surface area (Å²) in [5.41, 5.74) is 2.94. The Balaban J connectivity index is 1.57. The van der Waals surface area contributed by atoms with E-state index < -0.39 is 5.91 Å². The molecule has 1 heterocycles. The second-order valence-corrected chi connectivity index (χ2v) is 8.01. The predicted molar refractivity (Wildman–Crippen MR) is 129 cm³/mol. The van der Waals surface area contributed by atoms with Gasteiger partial charge in [-0.1, -0.05) is 18.2 Å². The first kappa shape index (κ1) is 23.8. The lowest BCUT2D eigenvalue weighted by atomic mass is 10.1. The number of aromatic nitrogens is 1. The lowest BCUT2D eigenvalue weighted by Gasteiger charge is -2.13. The fourth-order valence-corrected chi connectivity index (χ4v) is 3.49.